The second kappa shape index (κ2) is 7.36. The van der Waals surface area contributed by atoms with Crippen LogP contribution in [0.3, 0.4) is 0 Å². The molecule has 5 nitrogen and oxygen atoms in total. The molecule has 0 aliphatic carbocycles. The Morgan fingerprint density at radius 3 is 2.30 bits per heavy atom. The van der Waals surface area contributed by atoms with Gasteiger partial charge in [-0.3, -0.25) is 9.59 Å². The van der Waals surface area contributed by atoms with Crippen molar-refractivity contribution in [2.24, 2.45) is 5.73 Å². The average Bonchev–Trinajstić information content (AvgIpc) is 2.49. The number of methoxy groups -OCH3 is 1. The van der Waals surface area contributed by atoms with E-state index in [1.807, 2.05) is 0 Å². The Hall–Kier alpha value is -2.22. The van der Waals surface area contributed by atoms with Crippen molar-refractivity contribution in [1.29, 1.82) is 0 Å². The summed E-state index contributed by atoms with van der Waals surface area (Å²) < 4.78 is 42.4. The van der Waals surface area contributed by atoms with Gasteiger partial charge in [-0.25, -0.2) is 4.79 Å². The summed E-state index contributed by atoms with van der Waals surface area (Å²) in [6.45, 7) is 1.64. The third-order valence-electron chi connectivity index (χ3n) is 3.07. The summed E-state index contributed by atoms with van der Waals surface area (Å²) in [5, 5.41) is 0. The number of esters is 1. The first-order valence-corrected chi connectivity index (χ1v) is 6.70. The standard InChI is InChI=1S/C15H16F3NO4/c1-8(19)3-6-12(20)11-7-9(14(22)23-2)4-5-10(11)13(21)15(16,17)18/h4-5,7-8H,3,6,19H2,1-2H3. The monoisotopic (exact) mass is 331 g/mol. The minimum Gasteiger partial charge on any atom is -0.465 e. The lowest BCUT2D eigenvalue weighted by Crippen LogP contribution is -2.26. The maximum absolute atomic E-state index is 12.6. The van der Waals surface area contributed by atoms with Crippen molar-refractivity contribution in [3.8, 4) is 0 Å². The molecule has 1 aromatic rings. The van der Waals surface area contributed by atoms with Crippen LogP contribution in [0.1, 0.15) is 50.8 Å². The zero-order chi connectivity index (χ0) is 17.8. The highest BCUT2D eigenvalue weighted by molar-refractivity contribution is 6.11. The number of hydrogen-bond acceptors (Lipinski definition) is 5. The summed E-state index contributed by atoms with van der Waals surface area (Å²) in [6, 6.07) is 2.42. The van der Waals surface area contributed by atoms with Crippen LogP contribution in [0.4, 0.5) is 13.2 Å². The number of benzene rings is 1. The van der Waals surface area contributed by atoms with E-state index in [1.54, 1.807) is 6.92 Å². The Labute approximate surface area is 130 Å². The van der Waals surface area contributed by atoms with Gasteiger partial charge in [-0.15, -0.1) is 0 Å². The zero-order valence-electron chi connectivity index (χ0n) is 12.6. The molecule has 0 amide bonds. The van der Waals surface area contributed by atoms with Gasteiger partial charge in [0.1, 0.15) is 0 Å². The molecular weight excluding hydrogens is 315 g/mol. The minimum absolute atomic E-state index is 0.115. The van der Waals surface area contributed by atoms with Gasteiger partial charge in [0.05, 0.1) is 12.7 Å². The van der Waals surface area contributed by atoms with E-state index in [1.165, 1.54) is 0 Å². The third kappa shape index (κ3) is 4.88. The van der Waals surface area contributed by atoms with Gasteiger partial charge in [-0.1, -0.05) is 0 Å². The Bertz CT molecular complexity index is 624. The average molecular weight is 331 g/mol. The molecule has 1 unspecified atom stereocenters. The molecule has 0 aliphatic rings. The SMILES string of the molecule is COC(=O)c1ccc(C(=O)C(F)(F)F)c(C(=O)CCC(C)N)c1. The van der Waals surface area contributed by atoms with E-state index in [0.717, 1.165) is 25.3 Å². The topological polar surface area (TPSA) is 86.5 Å². The fraction of sp³-hybridized carbons (Fsp3) is 0.400. The summed E-state index contributed by atoms with van der Waals surface area (Å²) >= 11 is 0. The van der Waals surface area contributed by atoms with Crippen molar-refractivity contribution in [3.63, 3.8) is 0 Å². The van der Waals surface area contributed by atoms with Crippen LogP contribution < -0.4 is 5.73 Å². The van der Waals surface area contributed by atoms with E-state index < -0.39 is 34.8 Å². The highest BCUT2D eigenvalue weighted by atomic mass is 19.4. The van der Waals surface area contributed by atoms with Crippen molar-refractivity contribution in [2.75, 3.05) is 7.11 Å². The molecule has 0 saturated carbocycles. The lowest BCUT2D eigenvalue weighted by atomic mass is 9.94. The molecule has 0 fully saturated rings. The molecule has 0 spiro atoms. The largest absolute Gasteiger partial charge is 0.465 e. The first-order chi connectivity index (χ1) is 10.6. The maximum Gasteiger partial charge on any atom is 0.454 e. The predicted octanol–water partition coefficient (Wildman–Crippen LogP) is 2.53. The van der Waals surface area contributed by atoms with E-state index in [2.05, 4.69) is 4.74 Å². The fourth-order valence-electron chi connectivity index (χ4n) is 1.86. The van der Waals surface area contributed by atoms with Gasteiger partial charge in [-0.05, 0) is 31.5 Å². The van der Waals surface area contributed by atoms with E-state index in [4.69, 9.17) is 5.73 Å². The Balaban J connectivity index is 3.32. The Morgan fingerprint density at radius 1 is 1.22 bits per heavy atom. The van der Waals surface area contributed by atoms with E-state index in [-0.39, 0.29) is 24.4 Å². The van der Waals surface area contributed by atoms with Crippen LogP contribution in [0.2, 0.25) is 0 Å². The first kappa shape index (κ1) is 18.8. The normalized spacial score (nSPS) is 12.6. The number of hydrogen-bond donors (Lipinski definition) is 1. The third-order valence-corrected chi connectivity index (χ3v) is 3.07. The molecule has 1 atom stereocenters. The van der Waals surface area contributed by atoms with Crippen LogP contribution in [0.5, 0.6) is 0 Å². The van der Waals surface area contributed by atoms with Crippen molar-refractivity contribution >= 4 is 17.5 Å². The first-order valence-electron chi connectivity index (χ1n) is 6.70. The van der Waals surface area contributed by atoms with Gasteiger partial charge in [0, 0.05) is 23.6 Å². The van der Waals surface area contributed by atoms with Gasteiger partial charge in [0.25, 0.3) is 5.78 Å². The molecule has 23 heavy (non-hydrogen) atoms. The van der Waals surface area contributed by atoms with Crippen LogP contribution in [0, 0.1) is 0 Å². The zero-order valence-corrected chi connectivity index (χ0v) is 12.6. The Kier molecular flexibility index (Phi) is 6.03. The van der Waals surface area contributed by atoms with Crippen LogP contribution in [-0.2, 0) is 4.74 Å². The fourth-order valence-corrected chi connectivity index (χ4v) is 1.86. The van der Waals surface area contributed by atoms with Crippen molar-refractivity contribution in [2.45, 2.75) is 32.0 Å². The molecular formula is C15H16F3NO4. The molecule has 8 heteroatoms. The summed E-state index contributed by atoms with van der Waals surface area (Å²) in [4.78, 5) is 35.1. The summed E-state index contributed by atoms with van der Waals surface area (Å²) in [5.41, 5.74) is 4.14. The molecule has 0 heterocycles. The molecule has 0 saturated heterocycles. The molecule has 2 N–H and O–H groups in total. The number of halogens is 3. The maximum atomic E-state index is 12.6. The number of nitrogens with two attached hydrogens (primary N) is 1. The lowest BCUT2D eigenvalue weighted by Gasteiger charge is -2.12. The van der Waals surface area contributed by atoms with Crippen LogP contribution >= 0.6 is 0 Å². The summed E-state index contributed by atoms with van der Waals surface area (Å²) in [7, 11) is 1.09. The summed E-state index contributed by atoms with van der Waals surface area (Å²) in [5.74, 6) is -3.66. The quantitative estimate of drug-likeness (QED) is 0.639. The van der Waals surface area contributed by atoms with Gasteiger partial charge in [0.2, 0.25) is 0 Å². The molecule has 0 aromatic heterocycles. The Morgan fingerprint density at radius 2 is 1.83 bits per heavy atom. The summed E-state index contributed by atoms with van der Waals surface area (Å²) in [6.07, 6.45) is -5.02. The smallest absolute Gasteiger partial charge is 0.454 e. The predicted molar refractivity (Wildman–Crippen MR) is 75.4 cm³/mol. The van der Waals surface area contributed by atoms with Gasteiger partial charge in [0.15, 0.2) is 5.78 Å². The van der Waals surface area contributed by atoms with E-state index >= 15 is 0 Å². The van der Waals surface area contributed by atoms with Gasteiger partial charge >= 0.3 is 12.1 Å². The number of alkyl halides is 3. The number of carbonyl (C=O) groups is 3. The van der Waals surface area contributed by atoms with E-state index in [0.29, 0.717) is 0 Å². The number of ketones is 2. The number of ether oxygens (including phenoxy) is 1. The van der Waals surface area contributed by atoms with Crippen LogP contribution in [-0.4, -0.2) is 36.9 Å². The van der Waals surface area contributed by atoms with Crippen molar-refractivity contribution in [3.05, 3.63) is 34.9 Å². The molecule has 0 aliphatic heterocycles. The number of rotatable bonds is 6. The van der Waals surface area contributed by atoms with Gasteiger partial charge in [-0.2, -0.15) is 13.2 Å². The molecule has 1 aromatic carbocycles. The second-order valence-electron chi connectivity index (χ2n) is 5.02. The van der Waals surface area contributed by atoms with Crippen LogP contribution in [0.25, 0.3) is 0 Å². The van der Waals surface area contributed by atoms with Gasteiger partial charge < -0.3 is 10.5 Å². The highest BCUT2D eigenvalue weighted by Crippen LogP contribution is 2.25. The molecule has 0 bridgehead atoms. The highest BCUT2D eigenvalue weighted by Gasteiger charge is 2.41. The van der Waals surface area contributed by atoms with Crippen molar-refractivity contribution in [1.82, 2.24) is 0 Å². The number of Topliss-reactive ketones (excluding diaryl/α,β-unsaturated/α-hetero) is 2. The second-order valence-corrected chi connectivity index (χ2v) is 5.02. The number of carbonyl (C=O) groups excluding carboxylic acids is 3. The van der Waals surface area contributed by atoms with Crippen molar-refractivity contribution < 1.29 is 32.3 Å². The molecule has 1 rings (SSSR count). The minimum atomic E-state index is -5.12. The molecule has 126 valence electrons. The van der Waals surface area contributed by atoms with E-state index in [9.17, 15) is 27.6 Å². The molecule has 0 radical (unpaired) electrons. The van der Waals surface area contributed by atoms with Crippen LogP contribution in [0.15, 0.2) is 18.2 Å². The lowest BCUT2D eigenvalue weighted by molar-refractivity contribution is -0.0885.